The number of benzene rings is 1. The molecular weight excluding hydrogens is 307 g/mol. The Kier molecular flexibility index (Phi) is 3.30. The van der Waals surface area contributed by atoms with E-state index in [4.69, 9.17) is 15.2 Å². The van der Waals surface area contributed by atoms with Gasteiger partial charge in [-0.3, -0.25) is 0 Å². The third-order valence-corrected chi connectivity index (χ3v) is 2.89. The molecule has 0 fully saturated rings. The molecule has 4 nitrogen and oxygen atoms in total. The van der Waals surface area contributed by atoms with Crippen LogP contribution in [0.5, 0.6) is 5.75 Å². The van der Waals surface area contributed by atoms with Gasteiger partial charge in [0, 0.05) is 0 Å². The third kappa shape index (κ3) is 2.74. The van der Waals surface area contributed by atoms with Crippen molar-refractivity contribution in [1.29, 1.82) is 0 Å². The first-order valence-electron chi connectivity index (χ1n) is 4.59. The fourth-order valence-electron chi connectivity index (χ4n) is 1.27. The number of hydrogen-bond acceptors (Lipinski definition) is 4. The number of halogens is 1. The third-order valence-electron chi connectivity index (χ3n) is 2.00. The molecule has 0 spiro atoms. The van der Waals surface area contributed by atoms with Crippen LogP contribution in [0.1, 0.15) is 0 Å². The maximum absolute atomic E-state index is 5.61. The number of nitrogens with two attached hydrogens (primary N) is 1. The van der Waals surface area contributed by atoms with Gasteiger partial charge in [0.05, 0.1) is 10.1 Å². The maximum atomic E-state index is 5.61. The Morgan fingerprint density at radius 3 is 3.00 bits per heavy atom. The Morgan fingerprint density at radius 2 is 2.33 bits per heavy atom. The van der Waals surface area contributed by atoms with Crippen LogP contribution in [-0.4, -0.2) is 25.3 Å². The predicted molar refractivity (Wildman–Crippen MR) is 66.0 cm³/mol. The number of amidine groups is 1. The van der Waals surface area contributed by atoms with Crippen LogP contribution in [0.15, 0.2) is 29.3 Å². The summed E-state index contributed by atoms with van der Waals surface area (Å²) in [6.07, 6.45) is -0.0546. The summed E-state index contributed by atoms with van der Waals surface area (Å²) in [5.74, 6) is 0.868. The largest absolute Gasteiger partial charge is 0.489 e. The first-order chi connectivity index (χ1) is 7.25. The number of aliphatic imine (C=N–C) groups is 1. The highest BCUT2D eigenvalue weighted by molar-refractivity contribution is 14.1. The van der Waals surface area contributed by atoms with E-state index in [2.05, 4.69) is 27.6 Å². The van der Waals surface area contributed by atoms with Crippen LogP contribution in [0.3, 0.4) is 0 Å². The van der Waals surface area contributed by atoms with Gasteiger partial charge in [0.25, 0.3) is 6.02 Å². The monoisotopic (exact) mass is 318 g/mol. The van der Waals surface area contributed by atoms with Gasteiger partial charge < -0.3 is 15.2 Å². The van der Waals surface area contributed by atoms with Crippen molar-refractivity contribution in [1.82, 2.24) is 0 Å². The van der Waals surface area contributed by atoms with Gasteiger partial charge in [-0.15, -0.1) is 0 Å². The molecule has 1 heterocycles. The van der Waals surface area contributed by atoms with Crippen LogP contribution in [0.25, 0.3) is 0 Å². The van der Waals surface area contributed by atoms with E-state index >= 15 is 0 Å². The molecule has 15 heavy (non-hydrogen) atoms. The van der Waals surface area contributed by atoms with Crippen LogP contribution in [0.4, 0.5) is 0 Å². The van der Waals surface area contributed by atoms with Crippen molar-refractivity contribution in [2.24, 2.45) is 10.7 Å². The van der Waals surface area contributed by atoms with E-state index in [1.807, 2.05) is 24.3 Å². The second kappa shape index (κ2) is 4.69. The lowest BCUT2D eigenvalue weighted by atomic mass is 10.3. The highest BCUT2D eigenvalue weighted by Crippen LogP contribution is 2.20. The number of nitrogens with zero attached hydrogens (tertiary/aromatic N) is 1. The molecule has 1 aromatic carbocycles. The van der Waals surface area contributed by atoms with Gasteiger partial charge in [-0.25, -0.2) is 4.99 Å². The van der Waals surface area contributed by atoms with E-state index in [1.54, 1.807) is 0 Å². The van der Waals surface area contributed by atoms with Gasteiger partial charge >= 0.3 is 0 Å². The van der Waals surface area contributed by atoms with Gasteiger partial charge in [0.15, 0.2) is 6.10 Å². The van der Waals surface area contributed by atoms with Crippen molar-refractivity contribution in [3.63, 3.8) is 0 Å². The highest BCUT2D eigenvalue weighted by Gasteiger charge is 2.18. The Bertz CT molecular complexity index is 381. The molecule has 1 atom stereocenters. The van der Waals surface area contributed by atoms with E-state index in [1.165, 1.54) is 0 Å². The molecule has 2 rings (SSSR count). The fourth-order valence-corrected chi connectivity index (χ4v) is 1.81. The Balaban J connectivity index is 1.86. The molecule has 1 aliphatic heterocycles. The van der Waals surface area contributed by atoms with Gasteiger partial charge in [-0.1, -0.05) is 12.1 Å². The Morgan fingerprint density at radius 1 is 1.53 bits per heavy atom. The molecular formula is C10H11IN2O2. The molecule has 0 aromatic heterocycles. The SMILES string of the molecule is NC1=NCC(COc2ccccc2I)O1. The molecule has 1 unspecified atom stereocenters. The zero-order valence-electron chi connectivity index (χ0n) is 8.02. The minimum atomic E-state index is -0.0546. The van der Waals surface area contributed by atoms with E-state index in [0.717, 1.165) is 9.32 Å². The topological polar surface area (TPSA) is 56.8 Å². The van der Waals surface area contributed by atoms with Gasteiger partial charge in [0.1, 0.15) is 12.4 Å². The summed E-state index contributed by atoms with van der Waals surface area (Å²) < 4.78 is 11.9. The molecule has 80 valence electrons. The van der Waals surface area contributed by atoms with Crippen molar-refractivity contribution in [2.75, 3.05) is 13.2 Å². The number of rotatable bonds is 3. The summed E-state index contributed by atoms with van der Waals surface area (Å²) in [4.78, 5) is 3.94. The standard InChI is InChI=1S/C10H11IN2O2/c11-8-3-1-2-4-9(8)14-6-7-5-13-10(12)15-7/h1-4,7H,5-6H2,(H2,12,13). The summed E-state index contributed by atoms with van der Waals surface area (Å²) in [5.41, 5.74) is 5.39. The number of ether oxygens (including phenoxy) is 2. The smallest absolute Gasteiger partial charge is 0.282 e. The van der Waals surface area contributed by atoms with E-state index in [9.17, 15) is 0 Å². The summed E-state index contributed by atoms with van der Waals surface area (Å²) in [6.45, 7) is 1.06. The van der Waals surface area contributed by atoms with Crippen molar-refractivity contribution >= 4 is 28.6 Å². The van der Waals surface area contributed by atoms with E-state index in [0.29, 0.717) is 13.2 Å². The van der Waals surface area contributed by atoms with Crippen molar-refractivity contribution in [3.05, 3.63) is 27.8 Å². The molecule has 0 radical (unpaired) electrons. The van der Waals surface area contributed by atoms with Crippen LogP contribution < -0.4 is 10.5 Å². The molecule has 2 N–H and O–H groups in total. The fraction of sp³-hybridized carbons (Fsp3) is 0.300. The lowest BCUT2D eigenvalue weighted by molar-refractivity contribution is 0.141. The number of hydrogen-bond donors (Lipinski definition) is 1. The van der Waals surface area contributed by atoms with Crippen LogP contribution in [0, 0.1) is 3.57 Å². The zero-order valence-corrected chi connectivity index (χ0v) is 10.2. The molecule has 0 aliphatic carbocycles. The molecule has 5 heteroatoms. The maximum Gasteiger partial charge on any atom is 0.282 e. The molecule has 1 aromatic rings. The molecule has 0 saturated carbocycles. The molecule has 0 amide bonds. The Hall–Kier alpha value is -0.980. The Labute approximate surface area is 102 Å². The first-order valence-corrected chi connectivity index (χ1v) is 5.67. The summed E-state index contributed by atoms with van der Waals surface area (Å²) in [5, 5.41) is 0. The molecule has 0 saturated heterocycles. The van der Waals surface area contributed by atoms with Gasteiger partial charge in [0.2, 0.25) is 0 Å². The van der Waals surface area contributed by atoms with E-state index in [-0.39, 0.29) is 12.1 Å². The summed E-state index contributed by atoms with van der Waals surface area (Å²) >= 11 is 2.23. The number of para-hydroxylation sites is 1. The van der Waals surface area contributed by atoms with Crippen molar-refractivity contribution in [2.45, 2.75) is 6.10 Å². The average molecular weight is 318 g/mol. The second-order valence-corrected chi connectivity index (χ2v) is 4.32. The van der Waals surface area contributed by atoms with Crippen LogP contribution in [-0.2, 0) is 4.74 Å². The predicted octanol–water partition coefficient (Wildman–Crippen LogP) is 1.38. The average Bonchev–Trinajstić information content (AvgIpc) is 2.63. The normalized spacial score (nSPS) is 19.5. The van der Waals surface area contributed by atoms with Crippen molar-refractivity contribution in [3.8, 4) is 5.75 Å². The molecule has 0 bridgehead atoms. The van der Waals surface area contributed by atoms with Crippen molar-refractivity contribution < 1.29 is 9.47 Å². The second-order valence-electron chi connectivity index (χ2n) is 3.16. The minimum absolute atomic E-state index is 0.0546. The van der Waals surface area contributed by atoms with Gasteiger partial charge in [-0.2, -0.15) is 0 Å². The van der Waals surface area contributed by atoms with Crippen LogP contribution >= 0.6 is 22.6 Å². The summed E-state index contributed by atoms with van der Waals surface area (Å²) in [7, 11) is 0. The quantitative estimate of drug-likeness (QED) is 0.857. The van der Waals surface area contributed by atoms with Crippen LogP contribution in [0.2, 0.25) is 0 Å². The highest BCUT2D eigenvalue weighted by atomic mass is 127. The lowest BCUT2D eigenvalue weighted by Gasteiger charge is -2.12. The van der Waals surface area contributed by atoms with Gasteiger partial charge in [-0.05, 0) is 34.7 Å². The molecule has 1 aliphatic rings. The minimum Gasteiger partial charge on any atom is -0.489 e. The van der Waals surface area contributed by atoms with E-state index < -0.39 is 0 Å². The summed E-state index contributed by atoms with van der Waals surface area (Å²) in [6, 6.07) is 8.10. The first kappa shape index (κ1) is 10.5. The zero-order chi connectivity index (χ0) is 10.7. The lowest BCUT2D eigenvalue weighted by Crippen LogP contribution is -2.24.